The van der Waals surface area contributed by atoms with Gasteiger partial charge in [0.15, 0.2) is 9.84 Å². The van der Waals surface area contributed by atoms with Crippen LogP contribution in [0.2, 0.25) is 0 Å². The van der Waals surface area contributed by atoms with E-state index in [1.807, 2.05) is 0 Å². The van der Waals surface area contributed by atoms with Gasteiger partial charge in [-0.05, 0) is 26.7 Å². The molecule has 3 saturated heterocycles. The third-order valence-electron chi connectivity index (χ3n) is 5.34. The molecule has 11 heteroatoms. The van der Waals surface area contributed by atoms with Crippen molar-refractivity contribution in [2.45, 2.75) is 49.0 Å². The Hall–Kier alpha value is -0.680. The quantitative estimate of drug-likeness (QED) is 0.379. The molecule has 3 aliphatic rings. The predicted molar refractivity (Wildman–Crippen MR) is 77.7 cm³/mol. The van der Waals surface area contributed by atoms with Crippen LogP contribution in [-0.2, 0) is 24.2 Å². The van der Waals surface area contributed by atoms with Crippen molar-refractivity contribution in [3.63, 3.8) is 0 Å². The van der Waals surface area contributed by atoms with Crippen LogP contribution in [0.25, 0.3) is 0 Å². The summed E-state index contributed by atoms with van der Waals surface area (Å²) in [5.74, 6) is -4.66. The number of sulfone groups is 1. The van der Waals surface area contributed by atoms with Crippen molar-refractivity contribution in [3.8, 4) is 0 Å². The molecule has 4 atom stereocenters. The Bertz CT molecular complexity index is 717. The summed E-state index contributed by atoms with van der Waals surface area (Å²) in [6.07, 6.45) is -0.224. The molecule has 25 heavy (non-hydrogen) atoms. The number of hydrogen-bond donors (Lipinski definition) is 1. The third-order valence-corrected chi connectivity index (χ3v) is 8.19. The van der Waals surface area contributed by atoms with Gasteiger partial charge < -0.3 is 24.8 Å². The molecule has 3 rings (SSSR count). The van der Waals surface area contributed by atoms with Crippen LogP contribution in [-0.4, -0.2) is 76.5 Å². The van der Waals surface area contributed by atoms with Gasteiger partial charge in [-0.1, -0.05) is 0 Å². The Balaban J connectivity index is 0.00000225. The largest absolute Gasteiger partial charge is 1.00 e. The number of carboxylic acid groups (broad SMARTS) is 1. The van der Waals surface area contributed by atoms with E-state index in [4.69, 9.17) is 0 Å². The van der Waals surface area contributed by atoms with Gasteiger partial charge in [-0.2, -0.15) is 0 Å². The number of aliphatic hydroxyl groups excluding tert-OH is 1. The second kappa shape index (κ2) is 6.49. The summed E-state index contributed by atoms with van der Waals surface area (Å²) in [4.78, 5) is 38.1. The van der Waals surface area contributed by atoms with E-state index >= 15 is 0 Å². The Labute approximate surface area is 167 Å². The molecule has 134 valence electrons. The summed E-state index contributed by atoms with van der Waals surface area (Å²) in [6, 6.07) is -1.63. The minimum Gasteiger partial charge on any atom is -0.548 e. The number of rotatable bonds is 3. The fourth-order valence-electron chi connectivity index (χ4n) is 3.90. The molecule has 0 radical (unpaired) electrons. The van der Waals surface area contributed by atoms with E-state index < -0.39 is 55.8 Å². The first-order valence-electron chi connectivity index (χ1n) is 7.77. The summed E-state index contributed by atoms with van der Waals surface area (Å²) in [5.41, 5.74) is 0. The number of aliphatic hydroxyl groups is 1. The first-order valence-corrected chi connectivity index (χ1v) is 9.31. The Morgan fingerprint density at radius 1 is 1.28 bits per heavy atom. The normalized spacial score (nSPS) is 33.2. The van der Waals surface area contributed by atoms with Gasteiger partial charge in [0.25, 0.3) is 5.91 Å². The summed E-state index contributed by atoms with van der Waals surface area (Å²) in [5, 5.41) is 20.1. The van der Waals surface area contributed by atoms with Gasteiger partial charge in [-0.15, -0.1) is 0 Å². The number of β-lactam (4-membered cyclic amide) rings is 1. The maximum absolute atomic E-state index is 12.7. The smallest absolute Gasteiger partial charge is 0.548 e. The molecular formula is C14H19N2NaO7S. The molecule has 0 aromatic carbocycles. The molecule has 0 bridgehead atoms. The number of carboxylic acids is 1. The van der Waals surface area contributed by atoms with Crippen molar-refractivity contribution >= 4 is 27.6 Å². The van der Waals surface area contributed by atoms with Crippen LogP contribution in [0.3, 0.4) is 0 Å². The second-order valence-corrected chi connectivity index (χ2v) is 9.63. The fraction of sp³-hybridized carbons (Fsp3) is 0.786. The molecule has 3 aliphatic heterocycles. The molecule has 1 N–H and O–H groups in total. The van der Waals surface area contributed by atoms with E-state index in [2.05, 4.69) is 0 Å². The van der Waals surface area contributed by atoms with Gasteiger partial charge in [-0.3, -0.25) is 9.59 Å². The maximum atomic E-state index is 12.7. The second-order valence-electron chi connectivity index (χ2n) is 7.01. The first-order chi connectivity index (χ1) is 11.0. The molecule has 2 amide bonds. The van der Waals surface area contributed by atoms with Crippen molar-refractivity contribution in [1.82, 2.24) is 9.80 Å². The number of hydrogen-bond acceptors (Lipinski definition) is 7. The molecule has 3 heterocycles. The minimum atomic E-state index is -4.09. The van der Waals surface area contributed by atoms with Gasteiger partial charge in [-0.25, -0.2) is 8.42 Å². The van der Waals surface area contributed by atoms with Crippen LogP contribution in [0.15, 0.2) is 0 Å². The van der Waals surface area contributed by atoms with Crippen molar-refractivity contribution in [1.29, 1.82) is 0 Å². The average molecular weight is 382 g/mol. The van der Waals surface area contributed by atoms with Crippen LogP contribution in [0.4, 0.5) is 0 Å². The number of nitrogens with zero attached hydrogens (tertiary/aromatic N) is 2. The van der Waals surface area contributed by atoms with Gasteiger partial charge in [0.1, 0.15) is 17.4 Å². The molecular weight excluding hydrogens is 363 g/mol. The summed E-state index contributed by atoms with van der Waals surface area (Å²) in [7, 11) is -4.09. The Morgan fingerprint density at radius 2 is 1.80 bits per heavy atom. The van der Waals surface area contributed by atoms with E-state index in [-0.39, 0.29) is 29.6 Å². The molecule has 0 aliphatic carbocycles. The van der Waals surface area contributed by atoms with E-state index in [0.717, 1.165) is 17.7 Å². The van der Waals surface area contributed by atoms with Gasteiger partial charge in [0.05, 0.1) is 16.8 Å². The van der Waals surface area contributed by atoms with Crippen molar-refractivity contribution in [3.05, 3.63) is 0 Å². The molecule has 0 aromatic rings. The Morgan fingerprint density at radius 3 is 2.28 bits per heavy atom. The van der Waals surface area contributed by atoms with E-state index in [1.54, 1.807) is 0 Å². The topological polar surface area (TPSA) is 135 Å². The van der Waals surface area contributed by atoms with E-state index in [1.165, 1.54) is 18.7 Å². The van der Waals surface area contributed by atoms with E-state index in [0.29, 0.717) is 13.1 Å². The van der Waals surface area contributed by atoms with Crippen molar-refractivity contribution < 1.29 is 62.6 Å². The molecule has 0 aromatic heterocycles. The average Bonchev–Trinajstić information content (AvgIpc) is 3.04. The van der Waals surface area contributed by atoms with Gasteiger partial charge >= 0.3 is 29.6 Å². The monoisotopic (exact) mass is 382 g/mol. The number of likely N-dealkylation sites (tertiary alicyclic amines) is 1. The number of aliphatic carboxylic acids is 1. The summed E-state index contributed by atoms with van der Waals surface area (Å²) in [6.45, 7) is 3.32. The molecule has 9 nitrogen and oxygen atoms in total. The molecule has 0 spiro atoms. The zero-order valence-corrected chi connectivity index (χ0v) is 17.2. The van der Waals surface area contributed by atoms with Gasteiger partial charge in [0.2, 0.25) is 5.91 Å². The summed E-state index contributed by atoms with van der Waals surface area (Å²) < 4.78 is 23.6. The first kappa shape index (κ1) is 20.6. The maximum Gasteiger partial charge on any atom is 1.00 e. The molecule has 0 unspecified atom stereocenters. The minimum absolute atomic E-state index is 0. The van der Waals surface area contributed by atoms with Crippen LogP contribution in [0, 0.1) is 5.92 Å². The number of fused-ring (bicyclic) bond motifs is 1. The zero-order valence-electron chi connectivity index (χ0n) is 14.3. The standard InChI is InChI=1S/C14H20N2O7S.Na/c1-14(2)9(13(20)21)16-10(18)7(12(16)24(14,22)23)8(17)11(19)15-5-3-4-6-15;/h7-9,12,17H,3-6H2,1-2H3,(H,20,21);/q;+1/p-1/t7-,8-,9+,12-;/m1./s1. The fourth-order valence-corrected chi connectivity index (χ4v) is 6.21. The molecule has 0 saturated carbocycles. The number of carbonyl (C=O) groups is 3. The van der Waals surface area contributed by atoms with Crippen LogP contribution in [0.1, 0.15) is 26.7 Å². The third kappa shape index (κ3) is 2.64. The molecule has 3 fully saturated rings. The van der Waals surface area contributed by atoms with Crippen LogP contribution in [0.5, 0.6) is 0 Å². The summed E-state index contributed by atoms with van der Waals surface area (Å²) >= 11 is 0. The van der Waals surface area contributed by atoms with Crippen LogP contribution >= 0.6 is 0 Å². The zero-order chi connectivity index (χ0) is 18.0. The number of amides is 2. The van der Waals surface area contributed by atoms with Crippen molar-refractivity contribution in [2.24, 2.45) is 5.92 Å². The van der Waals surface area contributed by atoms with Crippen molar-refractivity contribution in [2.75, 3.05) is 13.1 Å². The van der Waals surface area contributed by atoms with Gasteiger partial charge in [0, 0.05) is 13.1 Å². The predicted octanol–water partition coefficient (Wildman–Crippen LogP) is -5.92. The van der Waals surface area contributed by atoms with E-state index in [9.17, 15) is 33.0 Å². The Kier molecular flexibility index (Phi) is 5.35. The SMILES string of the molecule is CC1(C)[C@H](C(=O)[O-])N2C(=O)[C@@H]([C@@H](O)C(=O)N3CCCC3)[C@H]2S1(=O)=O.[Na+]. The van der Waals surface area contributed by atoms with Crippen LogP contribution < -0.4 is 34.7 Å². The number of carbonyl (C=O) groups excluding carboxylic acids is 3.